The number of fused-ring (bicyclic) bond motifs is 1. The molecule has 0 unspecified atom stereocenters. The minimum atomic E-state index is -5.03. The second-order valence-corrected chi connectivity index (χ2v) is 7.94. The highest BCUT2D eigenvalue weighted by Crippen LogP contribution is 2.39. The molecular weight excluding hydrogens is 539 g/mol. The van der Waals surface area contributed by atoms with E-state index in [2.05, 4.69) is 21.1 Å². The Kier molecular flexibility index (Phi) is 6.83. The molecule has 4 aromatic rings. The lowest BCUT2D eigenvalue weighted by molar-refractivity contribution is -0.154. The number of rotatable bonds is 7. The number of alkyl halides is 3. The van der Waals surface area contributed by atoms with Crippen LogP contribution in [0.5, 0.6) is 23.1 Å². The quantitative estimate of drug-likeness (QED) is 0.206. The standard InChI is InChI=1S/C23H15BrF3NO7/c1-31-18-11-13(35-28-18)7-9-19(29)32-12-6-8-14-17(10-12)34-22(23(25,26)27)21(20(14)30)33-16-5-3-2-4-15(16)24/h2-6,8,10-11H,7,9H2,1H3. The number of benzene rings is 2. The Morgan fingerprint density at radius 3 is 2.60 bits per heavy atom. The van der Waals surface area contributed by atoms with Crippen molar-refractivity contribution in [2.45, 2.75) is 19.0 Å². The SMILES string of the molecule is COc1cc(CCC(=O)Oc2ccc3c(=O)c(Oc4ccccc4Br)c(C(F)(F)F)oc3c2)on1. The molecule has 35 heavy (non-hydrogen) atoms. The summed E-state index contributed by atoms with van der Waals surface area (Å²) in [6, 6.07) is 11.1. The zero-order valence-electron chi connectivity index (χ0n) is 17.8. The van der Waals surface area contributed by atoms with Crippen LogP contribution in [0.25, 0.3) is 11.0 Å². The van der Waals surface area contributed by atoms with Gasteiger partial charge in [0.2, 0.25) is 11.2 Å². The third-order valence-corrected chi connectivity index (χ3v) is 5.34. The van der Waals surface area contributed by atoms with Crippen molar-refractivity contribution in [1.29, 1.82) is 0 Å². The summed E-state index contributed by atoms with van der Waals surface area (Å²) in [5.74, 6) is -2.78. The molecule has 0 amide bonds. The molecule has 2 aromatic heterocycles. The summed E-state index contributed by atoms with van der Waals surface area (Å²) in [5.41, 5.74) is -1.46. The van der Waals surface area contributed by atoms with Crippen LogP contribution in [-0.2, 0) is 17.4 Å². The lowest BCUT2D eigenvalue weighted by Crippen LogP contribution is -2.16. The van der Waals surface area contributed by atoms with Gasteiger partial charge in [-0.1, -0.05) is 12.1 Å². The van der Waals surface area contributed by atoms with Crippen molar-refractivity contribution in [2.24, 2.45) is 0 Å². The van der Waals surface area contributed by atoms with Crippen molar-refractivity contribution in [3.63, 3.8) is 0 Å². The lowest BCUT2D eigenvalue weighted by atomic mass is 10.2. The zero-order valence-corrected chi connectivity index (χ0v) is 19.4. The van der Waals surface area contributed by atoms with Crippen LogP contribution in [0.2, 0.25) is 0 Å². The molecule has 0 atom stereocenters. The smallest absolute Gasteiger partial charge is 0.453 e. The van der Waals surface area contributed by atoms with Crippen LogP contribution in [0.15, 0.2) is 66.7 Å². The van der Waals surface area contributed by atoms with E-state index in [-0.39, 0.29) is 35.6 Å². The largest absolute Gasteiger partial charge is 0.479 e. The summed E-state index contributed by atoms with van der Waals surface area (Å²) in [4.78, 5) is 25.1. The Morgan fingerprint density at radius 2 is 1.91 bits per heavy atom. The third kappa shape index (κ3) is 5.48. The summed E-state index contributed by atoms with van der Waals surface area (Å²) in [5, 5.41) is 3.42. The van der Waals surface area contributed by atoms with Gasteiger partial charge in [-0.25, -0.2) is 0 Å². The molecule has 2 heterocycles. The molecule has 0 aliphatic heterocycles. The second-order valence-electron chi connectivity index (χ2n) is 7.09. The summed E-state index contributed by atoms with van der Waals surface area (Å²) in [7, 11) is 1.41. The fraction of sp³-hybridized carbons (Fsp3) is 0.174. The highest BCUT2D eigenvalue weighted by molar-refractivity contribution is 9.10. The van der Waals surface area contributed by atoms with E-state index in [0.717, 1.165) is 6.07 Å². The van der Waals surface area contributed by atoms with Crippen LogP contribution in [-0.4, -0.2) is 18.2 Å². The van der Waals surface area contributed by atoms with Gasteiger partial charge in [0.1, 0.15) is 22.8 Å². The number of halogens is 4. The lowest BCUT2D eigenvalue weighted by Gasteiger charge is -2.14. The van der Waals surface area contributed by atoms with Gasteiger partial charge in [-0.05, 0) is 45.4 Å². The highest BCUT2D eigenvalue weighted by atomic mass is 79.9. The molecule has 8 nitrogen and oxygen atoms in total. The highest BCUT2D eigenvalue weighted by Gasteiger charge is 2.40. The fourth-order valence-electron chi connectivity index (χ4n) is 3.05. The van der Waals surface area contributed by atoms with Crippen LogP contribution in [0, 0.1) is 0 Å². The van der Waals surface area contributed by atoms with Crippen molar-refractivity contribution in [2.75, 3.05) is 7.11 Å². The summed E-state index contributed by atoms with van der Waals surface area (Å²) in [6.07, 6.45) is -4.98. The van der Waals surface area contributed by atoms with E-state index < -0.39 is 34.7 Å². The van der Waals surface area contributed by atoms with Gasteiger partial charge in [0, 0.05) is 18.6 Å². The van der Waals surface area contributed by atoms with E-state index in [9.17, 15) is 22.8 Å². The number of hydrogen-bond acceptors (Lipinski definition) is 8. The average molecular weight is 554 g/mol. The molecule has 0 spiro atoms. The molecule has 0 aliphatic rings. The second kappa shape index (κ2) is 9.82. The number of aromatic nitrogens is 1. The topological polar surface area (TPSA) is 101 Å². The van der Waals surface area contributed by atoms with Crippen LogP contribution < -0.4 is 19.6 Å². The van der Waals surface area contributed by atoms with Crippen LogP contribution in [0.4, 0.5) is 13.2 Å². The maximum absolute atomic E-state index is 13.7. The van der Waals surface area contributed by atoms with Crippen molar-refractivity contribution in [1.82, 2.24) is 5.16 Å². The minimum absolute atomic E-state index is 0.000392. The zero-order chi connectivity index (χ0) is 25.2. The molecule has 4 rings (SSSR count). The number of aryl methyl sites for hydroxylation is 1. The Bertz CT molecular complexity index is 1450. The Labute approximate surface area is 203 Å². The number of ether oxygens (including phenoxy) is 3. The van der Waals surface area contributed by atoms with Crippen molar-refractivity contribution >= 4 is 32.9 Å². The molecule has 0 saturated carbocycles. The van der Waals surface area contributed by atoms with Crippen LogP contribution in [0.3, 0.4) is 0 Å². The fourth-order valence-corrected chi connectivity index (χ4v) is 3.42. The van der Waals surface area contributed by atoms with E-state index in [1.54, 1.807) is 12.1 Å². The van der Waals surface area contributed by atoms with Gasteiger partial charge in [0.15, 0.2) is 0 Å². The number of carbonyl (C=O) groups is 1. The normalized spacial score (nSPS) is 11.5. The summed E-state index contributed by atoms with van der Waals surface area (Å²) < 4.78 is 66.9. The van der Waals surface area contributed by atoms with Gasteiger partial charge in [-0.2, -0.15) is 13.2 Å². The molecule has 2 aromatic carbocycles. The molecular formula is C23H15BrF3NO7. The summed E-state index contributed by atoms with van der Waals surface area (Å²) in [6.45, 7) is 0. The molecule has 0 N–H and O–H groups in total. The van der Waals surface area contributed by atoms with Crippen molar-refractivity contribution in [3.8, 4) is 23.1 Å². The Hall–Kier alpha value is -3.80. The number of para-hydroxylation sites is 1. The maximum Gasteiger partial charge on any atom is 0.453 e. The maximum atomic E-state index is 13.7. The minimum Gasteiger partial charge on any atom is -0.479 e. The van der Waals surface area contributed by atoms with Gasteiger partial charge in [-0.3, -0.25) is 9.59 Å². The first kappa shape index (κ1) is 24.3. The third-order valence-electron chi connectivity index (χ3n) is 4.68. The van der Waals surface area contributed by atoms with E-state index in [0.29, 0.717) is 10.2 Å². The van der Waals surface area contributed by atoms with Gasteiger partial charge < -0.3 is 23.2 Å². The van der Waals surface area contributed by atoms with E-state index in [1.807, 2.05) is 0 Å². The first-order chi connectivity index (χ1) is 16.7. The van der Waals surface area contributed by atoms with Crippen LogP contribution >= 0.6 is 15.9 Å². The van der Waals surface area contributed by atoms with Gasteiger partial charge in [0.25, 0.3) is 11.6 Å². The van der Waals surface area contributed by atoms with E-state index in [4.69, 9.17) is 23.2 Å². The number of esters is 1. The van der Waals surface area contributed by atoms with Crippen molar-refractivity contribution in [3.05, 3.63) is 74.7 Å². The van der Waals surface area contributed by atoms with Gasteiger partial charge in [-0.15, -0.1) is 0 Å². The number of nitrogens with zero attached hydrogens (tertiary/aromatic N) is 1. The Balaban J connectivity index is 1.61. The van der Waals surface area contributed by atoms with E-state index >= 15 is 0 Å². The molecule has 0 bridgehead atoms. The monoisotopic (exact) mass is 553 g/mol. The molecule has 0 radical (unpaired) electrons. The first-order valence-corrected chi connectivity index (χ1v) is 10.8. The van der Waals surface area contributed by atoms with E-state index in [1.165, 1.54) is 37.4 Å². The van der Waals surface area contributed by atoms with Gasteiger partial charge >= 0.3 is 12.1 Å². The molecule has 12 heteroatoms. The Morgan fingerprint density at radius 1 is 1.14 bits per heavy atom. The number of methoxy groups -OCH3 is 1. The predicted molar refractivity (Wildman–Crippen MR) is 119 cm³/mol. The predicted octanol–water partition coefficient (Wildman–Crippen LogP) is 5.90. The molecule has 0 fully saturated rings. The first-order valence-electron chi connectivity index (χ1n) is 9.96. The van der Waals surface area contributed by atoms with Crippen molar-refractivity contribution < 1.29 is 41.1 Å². The van der Waals surface area contributed by atoms with Crippen LogP contribution in [0.1, 0.15) is 17.9 Å². The summed E-state index contributed by atoms with van der Waals surface area (Å²) >= 11 is 3.16. The molecule has 0 saturated heterocycles. The number of hydrogen-bond donors (Lipinski definition) is 0. The average Bonchev–Trinajstić information content (AvgIpc) is 3.28. The molecule has 182 valence electrons. The van der Waals surface area contributed by atoms with Gasteiger partial charge in [0.05, 0.1) is 23.4 Å². The molecule has 0 aliphatic carbocycles. The number of carbonyl (C=O) groups excluding carboxylic acids is 1.